The summed E-state index contributed by atoms with van der Waals surface area (Å²) >= 11 is 0. The number of hydrogen-bond donors (Lipinski definition) is 2. The second-order valence-electron chi connectivity index (χ2n) is 7.91. The highest BCUT2D eigenvalue weighted by atomic mass is 32.2. The maximum atomic E-state index is 13.9. The molecule has 4 rings (SSSR count). The molecule has 0 spiro atoms. The Balaban J connectivity index is 0.000000199. The van der Waals surface area contributed by atoms with Crippen molar-refractivity contribution in [1.82, 2.24) is 24.1 Å². The highest BCUT2D eigenvalue weighted by molar-refractivity contribution is 7.88. The molecule has 0 aromatic carbocycles. The van der Waals surface area contributed by atoms with E-state index in [-0.39, 0.29) is 18.2 Å². The molecule has 4 heterocycles. The molecule has 2 aliphatic rings. The minimum atomic E-state index is -3.09. The number of nitrogens with two attached hydrogens (primary N) is 1. The van der Waals surface area contributed by atoms with E-state index in [0.717, 1.165) is 43.3 Å². The molecule has 1 fully saturated rings. The predicted octanol–water partition coefficient (Wildman–Crippen LogP) is 1.75. The van der Waals surface area contributed by atoms with Crippen LogP contribution < -0.4 is 5.73 Å². The van der Waals surface area contributed by atoms with Crippen molar-refractivity contribution < 1.29 is 17.9 Å². The van der Waals surface area contributed by atoms with Gasteiger partial charge >= 0.3 is 0 Å². The van der Waals surface area contributed by atoms with E-state index in [1.54, 1.807) is 6.20 Å². The number of aliphatic hydroxyl groups is 1. The Morgan fingerprint density at radius 2 is 1.97 bits per heavy atom. The molecule has 2 aromatic heterocycles. The summed E-state index contributed by atoms with van der Waals surface area (Å²) in [6, 6.07) is 0. The zero-order chi connectivity index (χ0) is 21.9. The molecular weight excluding hydrogens is 411 g/mol. The summed E-state index contributed by atoms with van der Waals surface area (Å²) in [6.45, 7) is 3.83. The number of nitrogens with zero attached hydrogens (tertiary/aromatic N) is 5. The van der Waals surface area contributed by atoms with E-state index in [0.29, 0.717) is 18.9 Å². The van der Waals surface area contributed by atoms with E-state index in [9.17, 15) is 12.8 Å². The molecule has 1 saturated heterocycles. The summed E-state index contributed by atoms with van der Waals surface area (Å²) in [6.07, 6.45) is 8.32. The van der Waals surface area contributed by atoms with Crippen LogP contribution in [0.5, 0.6) is 0 Å². The maximum absolute atomic E-state index is 13.9. The van der Waals surface area contributed by atoms with Crippen LogP contribution in [0.1, 0.15) is 50.6 Å². The Labute approximate surface area is 176 Å². The van der Waals surface area contributed by atoms with Crippen LogP contribution in [0.4, 0.5) is 10.3 Å². The van der Waals surface area contributed by atoms with Gasteiger partial charge in [-0.15, -0.1) is 0 Å². The van der Waals surface area contributed by atoms with Crippen LogP contribution in [0.2, 0.25) is 0 Å². The first kappa shape index (κ1) is 22.6. The largest absolute Gasteiger partial charge is 0.392 e. The highest BCUT2D eigenvalue weighted by Crippen LogP contribution is 2.34. The third-order valence-electron chi connectivity index (χ3n) is 5.45. The lowest BCUT2D eigenvalue weighted by Crippen LogP contribution is -2.41. The number of aliphatic hydroxyl groups excluding tert-OH is 1. The van der Waals surface area contributed by atoms with Gasteiger partial charge in [-0.05, 0) is 31.6 Å². The number of halogens is 1. The third-order valence-corrected chi connectivity index (χ3v) is 6.72. The Morgan fingerprint density at radius 3 is 2.63 bits per heavy atom. The predicted molar refractivity (Wildman–Crippen MR) is 112 cm³/mol. The second-order valence-corrected chi connectivity index (χ2v) is 9.89. The molecule has 2 atom stereocenters. The van der Waals surface area contributed by atoms with Crippen molar-refractivity contribution in [3.05, 3.63) is 23.9 Å². The van der Waals surface area contributed by atoms with Gasteiger partial charge in [-0.1, -0.05) is 13.3 Å². The monoisotopic (exact) mass is 440 g/mol. The summed E-state index contributed by atoms with van der Waals surface area (Å²) in [7, 11) is -3.09. The smallest absolute Gasteiger partial charge is 0.220 e. The summed E-state index contributed by atoms with van der Waals surface area (Å²) in [5.41, 5.74) is 7.60. The number of nitrogen functional groups attached to an aromatic ring is 1. The molecule has 2 aromatic rings. The number of aryl methyl sites for hydroxylation is 1. The summed E-state index contributed by atoms with van der Waals surface area (Å²) in [5.74, 6) is -0.0327. The Hall–Kier alpha value is -2.11. The van der Waals surface area contributed by atoms with Crippen molar-refractivity contribution in [2.45, 2.75) is 57.6 Å². The summed E-state index contributed by atoms with van der Waals surface area (Å²) in [4.78, 5) is 7.69. The van der Waals surface area contributed by atoms with Gasteiger partial charge in [-0.25, -0.2) is 22.8 Å². The van der Waals surface area contributed by atoms with Crippen molar-refractivity contribution in [3.8, 4) is 11.3 Å². The van der Waals surface area contributed by atoms with Crippen LogP contribution in [0.3, 0.4) is 0 Å². The molecule has 2 unspecified atom stereocenters. The van der Waals surface area contributed by atoms with Gasteiger partial charge in [0.1, 0.15) is 5.69 Å². The number of hydrogen-bond acceptors (Lipinski definition) is 7. The number of aromatic nitrogens is 4. The molecule has 0 bridgehead atoms. The van der Waals surface area contributed by atoms with Gasteiger partial charge in [0.15, 0.2) is 5.82 Å². The van der Waals surface area contributed by atoms with E-state index in [1.165, 1.54) is 17.0 Å². The van der Waals surface area contributed by atoms with E-state index in [1.807, 2.05) is 4.68 Å². The van der Waals surface area contributed by atoms with Gasteiger partial charge < -0.3 is 10.8 Å². The molecule has 2 aliphatic heterocycles. The van der Waals surface area contributed by atoms with Crippen LogP contribution in [0.25, 0.3) is 11.3 Å². The number of anilines is 1. The number of fused-ring (bicyclic) bond motifs is 1. The minimum absolute atomic E-state index is 0.0811. The van der Waals surface area contributed by atoms with Crippen LogP contribution in [-0.4, -0.2) is 63.0 Å². The first-order valence-electron chi connectivity index (χ1n) is 10.1. The first-order valence-corrected chi connectivity index (χ1v) is 12.0. The Morgan fingerprint density at radius 1 is 1.20 bits per heavy atom. The minimum Gasteiger partial charge on any atom is -0.392 e. The molecule has 0 aliphatic carbocycles. The SMILES string of the molecule is CC1CCCCn2ncc(-c3nc(N)ncc3F)c21.CS(=O)(=O)N1CCCC(O)C1. The number of β-amino-alcohol motifs (C(OH)–C–C–N with tert-alkyl or cyclic N) is 1. The fraction of sp³-hybridized carbons (Fsp3) is 0.632. The normalized spacial score (nSPS) is 22.5. The summed E-state index contributed by atoms with van der Waals surface area (Å²) < 4.78 is 39.1. The maximum Gasteiger partial charge on any atom is 0.220 e. The molecule has 0 saturated carbocycles. The van der Waals surface area contributed by atoms with E-state index >= 15 is 0 Å². The fourth-order valence-electron chi connectivity index (χ4n) is 3.92. The van der Waals surface area contributed by atoms with Crippen molar-refractivity contribution in [1.29, 1.82) is 0 Å². The first-order chi connectivity index (χ1) is 14.2. The Kier molecular flexibility index (Phi) is 7.04. The van der Waals surface area contributed by atoms with Gasteiger partial charge in [0, 0.05) is 25.2 Å². The average molecular weight is 441 g/mol. The van der Waals surface area contributed by atoms with Crippen molar-refractivity contribution in [2.24, 2.45) is 0 Å². The summed E-state index contributed by atoms with van der Waals surface area (Å²) in [5, 5.41) is 13.5. The molecule has 166 valence electrons. The molecule has 3 N–H and O–H groups in total. The lowest BCUT2D eigenvalue weighted by Gasteiger charge is -2.27. The van der Waals surface area contributed by atoms with Crippen molar-refractivity contribution in [3.63, 3.8) is 0 Å². The van der Waals surface area contributed by atoms with E-state index in [2.05, 4.69) is 22.0 Å². The van der Waals surface area contributed by atoms with Gasteiger partial charge in [0.2, 0.25) is 16.0 Å². The van der Waals surface area contributed by atoms with Crippen LogP contribution in [0.15, 0.2) is 12.4 Å². The van der Waals surface area contributed by atoms with E-state index in [4.69, 9.17) is 10.8 Å². The molecule has 30 heavy (non-hydrogen) atoms. The van der Waals surface area contributed by atoms with Crippen LogP contribution in [0, 0.1) is 5.82 Å². The molecule has 9 nitrogen and oxygen atoms in total. The van der Waals surface area contributed by atoms with Crippen LogP contribution >= 0.6 is 0 Å². The van der Waals surface area contributed by atoms with Gasteiger partial charge in [-0.2, -0.15) is 9.40 Å². The van der Waals surface area contributed by atoms with Gasteiger partial charge in [0.05, 0.1) is 30.4 Å². The van der Waals surface area contributed by atoms with Gasteiger partial charge in [0.25, 0.3) is 0 Å². The number of sulfonamides is 1. The molecule has 11 heteroatoms. The number of rotatable bonds is 2. The quantitative estimate of drug-likeness (QED) is 0.728. The molecular formula is C19H29FN6O3S. The standard InChI is InChI=1S/C13H16FN5.C6H13NO3S/c1-8-4-2-3-5-19-12(8)9(6-17-19)11-10(14)7-16-13(15)18-11;1-11(9,10)7-4-2-3-6(8)5-7/h6-8H,2-5H2,1H3,(H2,15,16,18);6,8H,2-5H2,1H3. The van der Waals surface area contributed by atoms with Gasteiger partial charge in [-0.3, -0.25) is 4.68 Å². The average Bonchev–Trinajstić information content (AvgIpc) is 3.02. The molecule has 0 amide bonds. The molecule has 0 radical (unpaired) electrons. The highest BCUT2D eigenvalue weighted by Gasteiger charge is 2.24. The zero-order valence-corrected chi connectivity index (χ0v) is 18.1. The van der Waals surface area contributed by atoms with Crippen molar-refractivity contribution >= 4 is 16.0 Å². The lowest BCUT2D eigenvalue weighted by atomic mass is 9.97. The fourth-order valence-corrected chi connectivity index (χ4v) is 4.82. The lowest BCUT2D eigenvalue weighted by molar-refractivity contribution is 0.108. The zero-order valence-electron chi connectivity index (χ0n) is 17.3. The van der Waals surface area contributed by atoms with E-state index < -0.39 is 21.9 Å². The second kappa shape index (κ2) is 9.36. The van der Waals surface area contributed by atoms with Crippen LogP contribution in [-0.2, 0) is 16.6 Å². The Bertz CT molecular complexity index is 981. The third kappa shape index (κ3) is 5.32. The van der Waals surface area contributed by atoms with Crippen molar-refractivity contribution in [2.75, 3.05) is 25.1 Å². The number of piperidine rings is 1. The topological polar surface area (TPSA) is 127 Å².